The van der Waals surface area contributed by atoms with E-state index >= 15 is 0 Å². The maximum Gasteiger partial charge on any atom is 0.0847 e. The van der Waals surface area contributed by atoms with Gasteiger partial charge in [-0.15, -0.1) is 11.6 Å². The monoisotopic (exact) mass is 206 g/mol. The molecule has 0 nitrogen and oxygen atoms in total. The third-order valence-electron chi connectivity index (χ3n) is 2.76. The highest BCUT2D eigenvalue weighted by atomic mass is 35.5. The molecular weight excluding hydrogens is 198 g/mol. The molecule has 0 aromatic heterocycles. The van der Waals surface area contributed by atoms with Crippen LogP contribution < -0.4 is 0 Å². The average Bonchev–Trinajstić information content (AvgIpc) is 2.55. The zero-order valence-electron chi connectivity index (χ0n) is 7.57. The van der Waals surface area contributed by atoms with Crippen LogP contribution in [-0.4, -0.2) is 0 Å². The Morgan fingerprint density at radius 1 is 0.714 bits per heavy atom. The number of alkyl halides is 1. The van der Waals surface area contributed by atoms with Gasteiger partial charge in [-0.05, 0) is 22.3 Å². The molecule has 14 heavy (non-hydrogen) atoms. The SMILES string of the molecule is ClC1c2ccccc2-[13c]2[13cH][13cH][13cH][13cH][13c]21. The summed E-state index contributed by atoms with van der Waals surface area (Å²) in [5.74, 6) is 0. The minimum absolute atomic E-state index is 0.0300. The summed E-state index contributed by atoms with van der Waals surface area (Å²) in [6, 6.07) is 16.7. The Labute approximate surface area is 88.2 Å². The van der Waals surface area contributed by atoms with Crippen molar-refractivity contribution in [3.63, 3.8) is 0 Å². The molecule has 0 saturated heterocycles. The number of benzene rings is 2. The van der Waals surface area contributed by atoms with Crippen molar-refractivity contribution in [1.82, 2.24) is 0 Å². The van der Waals surface area contributed by atoms with Crippen molar-refractivity contribution in [2.24, 2.45) is 0 Å². The van der Waals surface area contributed by atoms with Gasteiger partial charge in [0.15, 0.2) is 0 Å². The maximum atomic E-state index is 6.37. The number of rotatable bonds is 0. The van der Waals surface area contributed by atoms with Crippen LogP contribution in [0.15, 0.2) is 48.5 Å². The summed E-state index contributed by atoms with van der Waals surface area (Å²) in [4.78, 5) is 0. The van der Waals surface area contributed by atoms with Crippen molar-refractivity contribution in [3.05, 3.63) is 59.7 Å². The number of hydrogen-bond donors (Lipinski definition) is 0. The highest BCUT2D eigenvalue weighted by Crippen LogP contribution is 2.46. The first kappa shape index (κ1) is 8.07. The molecule has 0 radical (unpaired) electrons. The fraction of sp³-hybridized carbons (Fsp3) is 0.0769. The molecule has 1 aliphatic carbocycles. The standard InChI is InChI=1S/C13H9Cl/c14-13-11-7-3-1-5-9(11)10-6-2-4-8-12(10)13/h1-8,13H/i1+1,3+1,5+1,7+1,9+1,11+1. The summed E-state index contributed by atoms with van der Waals surface area (Å²) in [5.41, 5.74) is 5.02. The van der Waals surface area contributed by atoms with E-state index in [4.69, 9.17) is 11.6 Å². The quantitative estimate of drug-likeness (QED) is 0.572. The molecule has 0 N–H and O–H groups in total. The molecule has 2 aromatic rings. The molecule has 0 spiro atoms. The number of fused-ring (bicyclic) bond motifs is 3. The van der Waals surface area contributed by atoms with E-state index in [1.54, 1.807) is 0 Å². The first-order valence-electron chi connectivity index (χ1n) is 4.70. The normalized spacial score (nSPS) is 17.6. The molecule has 0 fully saturated rings. The van der Waals surface area contributed by atoms with E-state index < -0.39 is 0 Å². The summed E-state index contributed by atoms with van der Waals surface area (Å²) >= 11 is 6.37. The van der Waals surface area contributed by atoms with Gasteiger partial charge in [-0.25, -0.2) is 0 Å². The van der Waals surface area contributed by atoms with E-state index in [-0.39, 0.29) is 5.38 Å². The lowest BCUT2D eigenvalue weighted by Gasteiger charge is -2.01. The zero-order valence-corrected chi connectivity index (χ0v) is 8.33. The predicted molar refractivity (Wildman–Crippen MR) is 59.6 cm³/mol. The lowest BCUT2D eigenvalue weighted by atomic mass is 10.2. The molecule has 1 aliphatic rings. The van der Waals surface area contributed by atoms with Crippen LogP contribution >= 0.6 is 11.6 Å². The van der Waals surface area contributed by atoms with Crippen molar-refractivity contribution in [2.45, 2.75) is 5.38 Å². The van der Waals surface area contributed by atoms with Crippen LogP contribution in [0.1, 0.15) is 16.5 Å². The van der Waals surface area contributed by atoms with Crippen LogP contribution in [0, 0.1) is 0 Å². The van der Waals surface area contributed by atoms with Crippen molar-refractivity contribution in [3.8, 4) is 11.1 Å². The second-order valence-corrected chi connectivity index (χ2v) is 3.97. The molecule has 0 saturated carbocycles. The average molecular weight is 207 g/mol. The molecule has 2 aromatic carbocycles. The Morgan fingerprint density at radius 3 is 1.64 bits per heavy atom. The fourth-order valence-electron chi connectivity index (χ4n) is 2.09. The number of hydrogen-bond acceptors (Lipinski definition) is 0. The lowest BCUT2D eigenvalue weighted by molar-refractivity contribution is 1.20. The summed E-state index contributed by atoms with van der Waals surface area (Å²) in [7, 11) is 0. The zero-order chi connectivity index (χ0) is 9.54. The van der Waals surface area contributed by atoms with Crippen molar-refractivity contribution in [1.29, 1.82) is 0 Å². The molecule has 0 amide bonds. The molecule has 0 bridgehead atoms. The Morgan fingerprint density at radius 2 is 1.14 bits per heavy atom. The van der Waals surface area contributed by atoms with E-state index in [0.29, 0.717) is 0 Å². The van der Waals surface area contributed by atoms with Crippen LogP contribution in [0.4, 0.5) is 0 Å². The van der Waals surface area contributed by atoms with E-state index in [1.807, 2.05) is 12.1 Å². The number of halogens is 1. The predicted octanol–water partition coefficient (Wildman–Crippen LogP) is 4.00. The van der Waals surface area contributed by atoms with Gasteiger partial charge in [-0.2, -0.15) is 0 Å². The van der Waals surface area contributed by atoms with Crippen molar-refractivity contribution < 1.29 is 0 Å². The Balaban J connectivity index is 2.36. The van der Waals surface area contributed by atoms with E-state index in [1.165, 1.54) is 22.3 Å². The van der Waals surface area contributed by atoms with Crippen molar-refractivity contribution in [2.75, 3.05) is 0 Å². The van der Waals surface area contributed by atoms with Gasteiger partial charge in [0.05, 0.1) is 5.38 Å². The molecule has 0 heterocycles. The molecule has 68 valence electrons. The molecular formula is C13H9Cl. The highest BCUT2D eigenvalue weighted by molar-refractivity contribution is 6.24. The van der Waals surface area contributed by atoms with Crippen LogP contribution in [0.3, 0.4) is 0 Å². The van der Waals surface area contributed by atoms with E-state index in [2.05, 4.69) is 36.4 Å². The van der Waals surface area contributed by atoms with Gasteiger partial charge in [0, 0.05) is 0 Å². The van der Waals surface area contributed by atoms with Crippen LogP contribution in [0.5, 0.6) is 0 Å². The second kappa shape index (κ2) is 2.86. The largest absolute Gasteiger partial charge is 0.113 e. The van der Waals surface area contributed by atoms with E-state index in [9.17, 15) is 0 Å². The molecule has 1 atom stereocenters. The smallest absolute Gasteiger partial charge is 0.0847 e. The minimum Gasteiger partial charge on any atom is -0.113 e. The van der Waals surface area contributed by atoms with Gasteiger partial charge >= 0.3 is 0 Å². The first-order chi connectivity index (χ1) is 6.88. The summed E-state index contributed by atoms with van der Waals surface area (Å²) in [6.07, 6.45) is 0. The fourth-order valence-corrected chi connectivity index (χ4v) is 2.47. The Bertz CT molecular complexity index is 443. The van der Waals surface area contributed by atoms with Crippen LogP contribution in [0.2, 0.25) is 0 Å². The summed E-state index contributed by atoms with van der Waals surface area (Å²) in [6.45, 7) is 0. The van der Waals surface area contributed by atoms with Gasteiger partial charge in [-0.3, -0.25) is 0 Å². The third kappa shape index (κ3) is 0.948. The highest BCUT2D eigenvalue weighted by Gasteiger charge is 2.25. The lowest BCUT2D eigenvalue weighted by Crippen LogP contribution is -1.84. The summed E-state index contributed by atoms with van der Waals surface area (Å²) < 4.78 is 0. The Kier molecular flexibility index (Phi) is 1.65. The summed E-state index contributed by atoms with van der Waals surface area (Å²) in [5, 5.41) is 0.0300. The van der Waals surface area contributed by atoms with Crippen molar-refractivity contribution >= 4 is 11.6 Å². The molecule has 1 unspecified atom stereocenters. The van der Waals surface area contributed by atoms with E-state index in [0.717, 1.165) is 0 Å². The second-order valence-electron chi connectivity index (χ2n) is 3.54. The van der Waals surface area contributed by atoms with Gasteiger partial charge in [0.2, 0.25) is 0 Å². The van der Waals surface area contributed by atoms with Gasteiger partial charge in [0.25, 0.3) is 0 Å². The molecule has 1 heteroatoms. The third-order valence-corrected chi connectivity index (χ3v) is 3.23. The van der Waals surface area contributed by atoms with Crippen LogP contribution in [0.25, 0.3) is 11.1 Å². The van der Waals surface area contributed by atoms with Gasteiger partial charge in [-0.1, -0.05) is 48.5 Å². The van der Waals surface area contributed by atoms with Crippen LogP contribution in [-0.2, 0) is 0 Å². The maximum absolute atomic E-state index is 6.37. The minimum atomic E-state index is 0.0300. The molecule has 3 rings (SSSR count). The topological polar surface area (TPSA) is 0 Å². The molecule has 0 aliphatic heterocycles. The van der Waals surface area contributed by atoms with Gasteiger partial charge in [0.1, 0.15) is 0 Å². The first-order valence-corrected chi connectivity index (χ1v) is 5.14. The Hall–Kier alpha value is -1.27. The van der Waals surface area contributed by atoms with Gasteiger partial charge < -0.3 is 0 Å².